The van der Waals surface area contributed by atoms with Gasteiger partial charge in [-0.25, -0.2) is 0 Å². The lowest BCUT2D eigenvalue weighted by Gasteiger charge is -2.30. The normalized spacial score (nSPS) is 14.8. The molecular formula is C28H26F3NO4. The summed E-state index contributed by atoms with van der Waals surface area (Å²) in [5.74, 6) is -0.0924. The molecule has 3 aromatic carbocycles. The van der Waals surface area contributed by atoms with E-state index in [0.29, 0.717) is 17.7 Å². The Morgan fingerprint density at radius 3 is 2.53 bits per heavy atom. The topological polar surface area (TPSA) is 55.8 Å². The highest BCUT2D eigenvalue weighted by Gasteiger charge is 2.33. The quantitative estimate of drug-likeness (QED) is 0.362. The number of nitrogens with zero attached hydrogens (tertiary/aromatic N) is 1. The summed E-state index contributed by atoms with van der Waals surface area (Å²) in [6.45, 7) is 1.38. The highest BCUT2D eigenvalue weighted by atomic mass is 19.4. The van der Waals surface area contributed by atoms with Crippen LogP contribution < -0.4 is 4.74 Å². The molecule has 0 heterocycles. The Bertz CT molecular complexity index is 1270. The number of fused-ring (bicyclic) bond motifs is 1. The highest BCUT2D eigenvalue weighted by molar-refractivity contribution is 5.74. The molecule has 0 fully saturated rings. The van der Waals surface area contributed by atoms with Crippen molar-refractivity contribution in [2.45, 2.75) is 44.9 Å². The largest absolute Gasteiger partial charge is 0.469 e. The van der Waals surface area contributed by atoms with E-state index in [1.807, 2.05) is 24.3 Å². The zero-order valence-corrected chi connectivity index (χ0v) is 20.0. The SMILES string of the molecule is COC(=O)Cc1cccc(Oc2ccc(C(F)(F)F)cc2CN(C(C)=O)[C@@H]2CCc3ccccc32)c1. The number of esters is 1. The number of hydrogen-bond donors (Lipinski definition) is 0. The number of halogens is 3. The first kappa shape index (κ1) is 25.3. The molecular weight excluding hydrogens is 471 g/mol. The standard InChI is InChI=1S/C28H26F3NO4/c1-18(33)32(25-12-10-20-7-3-4-9-24(20)25)17-21-16-22(28(29,30)31)11-13-26(21)36-23-8-5-6-19(14-23)15-27(34)35-2/h3-9,11,13-14,16,25H,10,12,15,17H2,1-2H3/t25-/m1/s1. The third kappa shape index (κ3) is 5.70. The van der Waals surface area contributed by atoms with Crippen LogP contribution in [0, 0.1) is 0 Å². The summed E-state index contributed by atoms with van der Waals surface area (Å²) in [4.78, 5) is 25.9. The van der Waals surface area contributed by atoms with Gasteiger partial charge in [0.1, 0.15) is 11.5 Å². The van der Waals surface area contributed by atoms with Crippen LogP contribution in [0.1, 0.15) is 47.2 Å². The number of alkyl halides is 3. The molecule has 0 saturated carbocycles. The minimum absolute atomic E-state index is 0.0345. The Labute approximate surface area is 207 Å². The van der Waals surface area contributed by atoms with Gasteiger partial charge >= 0.3 is 12.1 Å². The van der Waals surface area contributed by atoms with E-state index in [2.05, 4.69) is 0 Å². The van der Waals surface area contributed by atoms with Gasteiger partial charge in [0.05, 0.1) is 25.1 Å². The summed E-state index contributed by atoms with van der Waals surface area (Å²) in [6, 6.07) is 17.5. The van der Waals surface area contributed by atoms with Crippen molar-refractivity contribution in [2.75, 3.05) is 7.11 Å². The fraction of sp³-hybridized carbons (Fsp3) is 0.286. The monoisotopic (exact) mass is 497 g/mol. The van der Waals surface area contributed by atoms with Crippen LogP contribution in [-0.4, -0.2) is 23.9 Å². The summed E-state index contributed by atoms with van der Waals surface area (Å²) >= 11 is 0. The predicted molar refractivity (Wildman–Crippen MR) is 127 cm³/mol. The van der Waals surface area contributed by atoms with Crippen LogP contribution in [0.2, 0.25) is 0 Å². The Morgan fingerprint density at radius 2 is 1.81 bits per heavy atom. The average molecular weight is 498 g/mol. The van der Waals surface area contributed by atoms with Crippen LogP contribution in [0.4, 0.5) is 13.2 Å². The molecule has 8 heteroatoms. The predicted octanol–water partition coefficient (Wildman–Crippen LogP) is 6.25. The van der Waals surface area contributed by atoms with Crippen LogP contribution in [-0.2, 0) is 39.9 Å². The first-order chi connectivity index (χ1) is 17.2. The summed E-state index contributed by atoms with van der Waals surface area (Å²) in [5, 5.41) is 0. The molecule has 3 aromatic rings. The molecule has 4 rings (SSSR count). The number of amides is 1. The van der Waals surface area contributed by atoms with E-state index in [0.717, 1.165) is 29.7 Å². The van der Waals surface area contributed by atoms with E-state index in [1.54, 1.807) is 29.2 Å². The second kappa shape index (κ2) is 10.4. The highest BCUT2D eigenvalue weighted by Crippen LogP contribution is 2.39. The summed E-state index contributed by atoms with van der Waals surface area (Å²) < 4.78 is 51.4. The summed E-state index contributed by atoms with van der Waals surface area (Å²) in [5.41, 5.74) is 2.21. The van der Waals surface area contributed by atoms with Gasteiger partial charge in [0.15, 0.2) is 0 Å². The van der Waals surface area contributed by atoms with Crippen LogP contribution >= 0.6 is 0 Å². The second-order valence-electron chi connectivity index (χ2n) is 8.72. The van der Waals surface area contributed by atoms with Crippen LogP contribution in [0.3, 0.4) is 0 Å². The number of ether oxygens (including phenoxy) is 2. The second-order valence-corrected chi connectivity index (χ2v) is 8.72. The first-order valence-electron chi connectivity index (χ1n) is 11.5. The van der Waals surface area contributed by atoms with Crippen molar-refractivity contribution in [3.05, 3.63) is 94.5 Å². The molecule has 0 bridgehead atoms. The smallest absolute Gasteiger partial charge is 0.416 e. The minimum atomic E-state index is -4.55. The van der Waals surface area contributed by atoms with Gasteiger partial charge < -0.3 is 14.4 Å². The van der Waals surface area contributed by atoms with Crippen LogP contribution in [0.15, 0.2) is 66.7 Å². The van der Waals surface area contributed by atoms with Gasteiger partial charge in [-0.3, -0.25) is 9.59 Å². The molecule has 1 aliphatic rings. The average Bonchev–Trinajstić information content (AvgIpc) is 3.26. The number of rotatable bonds is 7. The molecule has 5 nitrogen and oxygen atoms in total. The van der Waals surface area contributed by atoms with Crippen molar-refractivity contribution >= 4 is 11.9 Å². The molecule has 1 atom stereocenters. The van der Waals surface area contributed by atoms with E-state index >= 15 is 0 Å². The molecule has 0 unspecified atom stereocenters. The third-order valence-electron chi connectivity index (χ3n) is 6.31. The lowest BCUT2D eigenvalue weighted by Crippen LogP contribution is -2.31. The lowest BCUT2D eigenvalue weighted by atomic mass is 10.0. The van der Waals surface area contributed by atoms with Crippen molar-refractivity contribution < 1.29 is 32.2 Å². The van der Waals surface area contributed by atoms with Crippen molar-refractivity contribution in [3.63, 3.8) is 0 Å². The molecule has 0 radical (unpaired) electrons. The number of carbonyl (C=O) groups excluding carboxylic acids is 2. The molecule has 0 spiro atoms. The maximum atomic E-state index is 13.6. The van der Waals surface area contributed by atoms with Crippen LogP contribution in [0.25, 0.3) is 0 Å². The van der Waals surface area contributed by atoms with Crippen molar-refractivity contribution in [2.24, 2.45) is 0 Å². The molecule has 0 aromatic heterocycles. The number of carbonyl (C=O) groups is 2. The zero-order valence-electron chi connectivity index (χ0n) is 20.0. The molecule has 0 aliphatic heterocycles. The van der Waals surface area contributed by atoms with E-state index < -0.39 is 17.7 Å². The zero-order chi connectivity index (χ0) is 25.9. The maximum absolute atomic E-state index is 13.6. The summed E-state index contributed by atoms with van der Waals surface area (Å²) in [6.07, 6.45) is -3.02. The van der Waals surface area contributed by atoms with E-state index in [9.17, 15) is 22.8 Å². The number of benzene rings is 3. The molecule has 188 valence electrons. The molecule has 1 aliphatic carbocycles. The molecule has 36 heavy (non-hydrogen) atoms. The number of hydrogen-bond acceptors (Lipinski definition) is 4. The Morgan fingerprint density at radius 1 is 1.03 bits per heavy atom. The van der Waals surface area contributed by atoms with E-state index in [1.165, 1.54) is 20.1 Å². The Kier molecular flexibility index (Phi) is 7.33. The Hall–Kier alpha value is -3.81. The summed E-state index contributed by atoms with van der Waals surface area (Å²) in [7, 11) is 1.29. The van der Waals surface area contributed by atoms with Gasteiger partial charge in [0, 0.05) is 19.0 Å². The molecule has 0 N–H and O–H groups in total. The fourth-order valence-corrected chi connectivity index (χ4v) is 4.55. The minimum Gasteiger partial charge on any atom is -0.469 e. The van der Waals surface area contributed by atoms with E-state index in [4.69, 9.17) is 9.47 Å². The lowest BCUT2D eigenvalue weighted by molar-refractivity contribution is -0.140. The van der Waals surface area contributed by atoms with Gasteiger partial charge in [-0.2, -0.15) is 13.2 Å². The van der Waals surface area contributed by atoms with Gasteiger partial charge in [-0.1, -0.05) is 36.4 Å². The van der Waals surface area contributed by atoms with Gasteiger partial charge in [0.2, 0.25) is 5.91 Å². The van der Waals surface area contributed by atoms with Gasteiger partial charge in [-0.15, -0.1) is 0 Å². The number of methoxy groups -OCH3 is 1. The van der Waals surface area contributed by atoms with Gasteiger partial charge in [-0.05, 0) is 59.9 Å². The van der Waals surface area contributed by atoms with Crippen molar-refractivity contribution in [1.82, 2.24) is 4.90 Å². The molecule has 1 amide bonds. The van der Waals surface area contributed by atoms with Crippen LogP contribution in [0.5, 0.6) is 11.5 Å². The maximum Gasteiger partial charge on any atom is 0.416 e. The third-order valence-corrected chi connectivity index (χ3v) is 6.31. The first-order valence-corrected chi connectivity index (χ1v) is 11.5. The van der Waals surface area contributed by atoms with E-state index in [-0.39, 0.29) is 36.2 Å². The van der Waals surface area contributed by atoms with Crippen molar-refractivity contribution in [1.29, 1.82) is 0 Å². The van der Waals surface area contributed by atoms with Crippen molar-refractivity contribution in [3.8, 4) is 11.5 Å². The van der Waals surface area contributed by atoms with Gasteiger partial charge in [0.25, 0.3) is 0 Å². The Balaban J connectivity index is 1.68. The fourth-order valence-electron chi connectivity index (χ4n) is 4.55. The number of aryl methyl sites for hydroxylation is 1. The molecule has 0 saturated heterocycles.